The van der Waals surface area contributed by atoms with E-state index in [2.05, 4.69) is 15.6 Å². The minimum Gasteiger partial charge on any atom is -0.497 e. The Morgan fingerprint density at radius 2 is 2.17 bits per heavy atom. The first-order chi connectivity index (χ1) is 14.0. The predicted molar refractivity (Wildman–Crippen MR) is 108 cm³/mol. The molecule has 8 heteroatoms. The van der Waals surface area contributed by atoms with Crippen molar-refractivity contribution in [2.45, 2.75) is 25.8 Å². The van der Waals surface area contributed by atoms with Crippen LogP contribution in [0, 0.1) is 5.92 Å². The fourth-order valence-corrected chi connectivity index (χ4v) is 3.35. The highest BCUT2D eigenvalue weighted by Gasteiger charge is 2.27. The van der Waals surface area contributed by atoms with Gasteiger partial charge in [-0.3, -0.25) is 9.59 Å². The molecule has 1 fully saturated rings. The number of H-pyrrole nitrogens is 1. The molecule has 0 radical (unpaired) electrons. The number of benzene rings is 1. The van der Waals surface area contributed by atoms with Gasteiger partial charge in [0.1, 0.15) is 11.4 Å². The maximum atomic E-state index is 12.8. The van der Waals surface area contributed by atoms with Crippen LogP contribution >= 0.6 is 0 Å². The van der Waals surface area contributed by atoms with Gasteiger partial charge in [0.05, 0.1) is 13.7 Å². The molecule has 2 heterocycles. The first-order valence-electron chi connectivity index (χ1n) is 9.60. The van der Waals surface area contributed by atoms with Gasteiger partial charge < -0.3 is 25.1 Å². The van der Waals surface area contributed by atoms with E-state index >= 15 is 0 Å². The molecule has 0 aliphatic carbocycles. The number of methoxy groups -OCH3 is 1. The summed E-state index contributed by atoms with van der Waals surface area (Å²) in [7, 11) is 1.58. The molecule has 2 atom stereocenters. The van der Waals surface area contributed by atoms with Gasteiger partial charge in [-0.25, -0.2) is 4.79 Å². The second-order valence-corrected chi connectivity index (χ2v) is 6.84. The lowest BCUT2D eigenvalue weighted by molar-refractivity contribution is -0.137. The van der Waals surface area contributed by atoms with E-state index in [-0.39, 0.29) is 24.3 Å². The van der Waals surface area contributed by atoms with Crippen molar-refractivity contribution < 1.29 is 23.9 Å². The van der Waals surface area contributed by atoms with Crippen LogP contribution in [0.4, 0.5) is 0 Å². The van der Waals surface area contributed by atoms with E-state index in [0.29, 0.717) is 30.8 Å². The predicted octanol–water partition coefficient (Wildman–Crippen LogP) is 1.92. The van der Waals surface area contributed by atoms with Crippen molar-refractivity contribution in [2.75, 3.05) is 20.3 Å². The third kappa shape index (κ3) is 5.16. The van der Waals surface area contributed by atoms with Crippen molar-refractivity contribution in [2.24, 2.45) is 5.92 Å². The molecule has 2 aromatic rings. The van der Waals surface area contributed by atoms with E-state index in [4.69, 9.17) is 9.47 Å². The smallest absolute Gasteiger partial charge is 0.330 e. The van der Waals surface area contributed by atoms with Gasteiger partial charge in [0.15, 0.2) is 0 Å². The molecule has 2 amide bonds. The summed E-state index contributed by atoms with van der Waals surface area (Å²) in [6.07, 6.45) is 3.97. The van der Waals surface area contributed by atoms with E-state index in [1.165, 1.54) is 6.08 Å². The first-order valence-corrected chi connectivity index (χ1v) is 9.60. The number of hydrogen-bond donors (Lipinski definition) is 3. The van der Waals surface area contributed by atoms with Crippen LogP contribution in [0.25, 0.3) is 10.9 Å². The highest BCUT2D eigenvalue weighted by molar-refractivity contribution is 5.98. The lowest BCUT2D eigenvalue weighted by Gasteiger charge is -2.17. The molecule has 0 spiro atoms. The average Bonchev–Trinajstić information content (AvgIpc) is 3.31. The van der Waals surface area contributed by atoms with E-state index < -0.39 is 12.0 Å². The van der Waals surface area contributed by atoms with Crippen LogP contribution in [-0.4, -0.2) is 49.1 Å². The molecular formula is C21H25N3O5. The van der Waals surface area contributed by atoms with Gasteiger partial charge in [0.2, 0.25) is 5.91 Å². The molecule has 1 aliphatic heterocycles. The second kappa shape index (κ2) is 9.27. The molecule has 154 valence electrons. The van der Waals surface area contributed by atoms with Gasteiger partial charge in [-0.05, 0) is 44.0 Å². The molecule has 8 nitrogen and oxygen atoms in total. The molecule has 0 saturated carbocycles. The zero-order valence-corrected chi connectivity index (χ0v) is 16.5. The van der Waals surface area contributed by atoms with E-state index in [1.54, 1.807) is 26.2 Å². The maximum absolute atomic E-state index is 12.8. The number of rotatable bonds is 8. The lowest BCUT2D eigenvalue weighted by atomic mass is 9.98. The Kier molecular flexibility index (Phi) is 6.54. The molecule has 3 rings (SSSR count). The SMILES string of the molecule is CCOC(=O)/C=C/[C@H](C[C@@H]1CCNC1=O)NC(=O)c1cc2cc(OC)ccc2[nH]1. The third-order valence-electron chi connectivity index (χ3n) is 4.84. The van der Waals surface area contributed by atoms with E-state index in [1.807, 2.05) is 18.2 Å². The summed E-state index contributed by atoms with van der Waals surface area (Å²) in [5, 5.41) is 6.53. The second-order valence-electron chi connectivity index (χ2n) is 6.84. The van der Waals surface area contributed by atoms with Crippen molar-refractivity contribution in [1.82, 2.24) is 15.6 Å². The maximum Gasteiger partial charge on any atom is 0.330 e. The Morgan fingerprint density at radius 3 is 2.86 bits per heavy atom. The van der Waals surface area contributed by atoms with Crippen molar-refractivity contribution in [3.63, 3.8) is 0 Å². The Hall–Kier alpha value is -3.29. The van der Waals surface area contributed by atoms with Crippen LogP contribution in [0.15, 0.2) is 36.4 Å². The number of aromatic nitrogens is 1. The summed E-state index contributed by atoms with van der Waals surface area (Å²) in [5.74, 6) is -0.353. The van der Waals surface area contributed by atoms with Gasteiger partial charge in [0, 0.05) is 35.5 Å². The molecule has 1 saturated heterocycles. The number of nitrogens with one attached hydrogen (secondary N) is 3. The summed E-state index contributed by atoms with van der Waals surface area (Å²) >= 11 is 0. The Balaban J connectivity index is 1.75. The van der Waals surface area contributed by atoms with E-state index in [0.717, 1.165) is 10.9 Å². The molecule has 0 unspecified atom stereocenters. The lowest BCUT2D eigenvalue weighted by Crippen LogP contribution is -2.36. The Bertz CT molecular complexity index is 934. The van der Waals surface area contributed by atoms with Gasteiger partial charge in [-0.2, -0.15) is 0 Å². The van der Waals surface area contributed by atoms with Gasteiger partial charge in [0.25, 0.3) is 5.91 Å². The number of ether oxygens (including phenoxy) is 2. The zero-order chi connectivity index (χ0) is 20.8. The van der Waals surface area contributed by atoms with Crippen LogP contribution in [0.1, 0.15) is 30.3 Å². The van der Waals surface area contributed by atoms with Crippen LogP contribution in [0.2, 0.25) is 0 Å². The summed E-state index contributed by atoms with van der Waals surface area (Å²) in [5.41, 5.74) is 1.20. The van der Waals surface area contributed by atoms with Crippen molar-refractivity contribution >= 4 is 28.7 Å². The number of fused-ring (bicyclic) bond motifs is 1. The average molecular weight is 399 g/mol. The quantitative estimate of drug-likeness (QED) is 0.464. The summed E-state index contributed by atoms with van der Waals surface area (Å²) < 4.78 is 10.1. The largest absolute Gasteiger partial charge is 0.497 e. The van der Waals surface area contributed by atoms with Gasteiger partial charge >= 0.3 is 5.97 Å². The normalized spacial score (nSPS) is 17.3. The van der Waals surface area contributed by atoms with Gasteiger partial charge in [-0.1, -0.05) is 6.08 Å². The highest BCUT2D eigenvalue weighted by atomic mass is 16.5. The number of aromatic amines is 1. The third-order valence-corrected chi connectivity index (χ3v) is 4.84. The molecule has 1 aromatic carbocycles. The van der Waals surface area contributed by atoms with Crippen LogP contribution in [-0.2, 0) is 14.3 Å². The molecular weight excluding hydrogens is 374 g/mol. The van der Waals surface area contributed by atoms with Crippen molar-refractivity contribution in [1.29, 1.82) is 0 Å². The van der Waals surface area contributed by atoms with Gasteiger partial charge in [-0.15, -0.1) is 0 Å². The Morgan fingerprint density at radius 1 is 1.34 bits per heavy atom. The van der Waals surface area contributed by atoms with Crippen LogP contribution in [0.5, 0.6) is 5.75 Å². The molecule has 3 N–H and O–H groups in total. The standard InChI is InChI=1S/C21H25N3O5/c1-3-29-19(25)7-4-15(10-13-8-9-22-20(13)26)23-21(27)18-12-14-11-16(28-2)5-6-17(14)24-18/h4-7,11-13,15,24H,3,8-10H2,1-2H3,(H,22,26)(H,23,27)/b7-4+/t13-,15+/m0/s1. The fourth-order valence-electron chi connectivity index (χ4n) is 3.35. The highest BCUT2D eigenvalue weighted by Crippen LogP contribution is 2.22. The number of carbonyl (C=O) groups excluding carboxylic acids is 3. The minimum atomic E-state index is -0.486. The molecule has 1 aliphatic rings. The topological polar surface area (TPSA) is 110 Å². The van der Waals surface area contributed by atoms with Crippen LogP contribution < -0.4 is 15.4 Å². The first kappa shape index (κ1) is 20.4. The summed E-state index contributed by atoms with van der Waals surface area (Å²) in [4.78, 5) is 39.4. The number of carbonyl (C=O) groups is 3. The summed E-state index contributed by atoms with van der Waals surface area (Å²) in [6, 6.07) is 6.74. The van der Waals surface area contributed by atoms with Crippen molar-refractivity contribution in [3.8, 4) is 5.75 Å². The molecule has 1 aromatic heterocycles. The number of hydrogen-bond acceptors (Lipinski definition) is 5. The monoisotopic (exact) mass is 399 g/mol. The number of amides is 2. The fraction of sp³-hybridized carbons (Fsp3) is 0.381. The number of esters is 1. The van der Waals surface area contributed by atoms with E-state index in [9.17, 15) is 14.4 Å². The van der Waals surface area contributed by atoms with Crippen LogP contribution in [0.3, 0.4) is 0 Å². The molecule has 29 heavy (non-hydrogen) atoms. The van der Waals surface area contributed by atoms with Crippen molar-refractivity contribution in [3.05, 3.63) is 42.1 Å². The Labute approximate surface area is 168 Å². The summed E-state index contributed by atoms with van der Waals surface area (Å²) in [6.45, 7) is 2.61. The molecule has 0 bridgehead atoms. The zero-order valence-electron chi connectivity index (χ0n) is 16.5. The minimum absolute atomic E-state index is 0.0357.